The minimum Gasteiger partial charge on any atom is -0.498 e. The van der Waals surface area contributed by atoms with Crippen LogP contribution in [0.3, 0.4) is 0 Å². The quantitative estimate of drug-likeness (QED) is 0.519. The lowest BCUT2D eigenvalue weighted by Gasteiger charge is -2.15. The lowest BCUT2D eigenvalue weighted by molar-refractivity contribution is 0.0944. The third-order valence-corrected chi connectivity index (χ3v) is 6.50. The Morgan fingerprint density at radius 1 is 1.31 bits per heavy atom. The topological polar surface area (TPSA) is 89.8 Å². The van der Waals surface area contributed by atoms with E-state index in [1.165, 1.54) is 13.2 Å². The summed E-state index contributed by atoms with van der Waals surface area (Å²) >= 11 is 0. The molecule has 0 saturated carbocycles. The number of fused-ring (bicyclic) bond motifs is 1. The van der Waals surface area contributed by atoms with E-state index < -0.39 is 0 Å². The van der Waals surface area contributed by atoms with E-state index in [1.807, 2.05) is 35.7 Å². The van der Waals surface area contributed by atoms with Crippen molar-refractivity contribution in [1.29, 1.82) is 0 Å². The first kappa shape index (κ1) is 23.0. The van der Waals surface area contributed by atoms with Gasteiger partial charge in [0.05, 0.1) is 25.6 Å². The Morgan fingerprint density at radius 2 is 2.20 bits per heavy atom. The molecule has 35 heavy (non-hydrogen) atoms. The van der Waals surface area contributed by atoms with Crippen LogP contribution in [0.2, 0.25) is 0 Å². The number of nitrogens with zero attached hydrogens (tertiary/aromatic N) is 3. The van der Waals surface area contributed by atoms with Crippen molar-refractivity contribution < 1.29 is 18.7 Å². The number of carbonyl (C=O) groups is 1. The molecule has 2 aromatic heterocycles. The molecule has 0 radical (unpaired) electrons. The van der Waals surface area contributed by atoms with E-state index in [2.05, 4.69) is 20.6 Å². The highest BCUT2D eigenvalue weighted by Crippen LogP contribution is 2.32. The van der Waals surface area contributed by atoms with Crippen LogP contribution >= 0.6 is 0 Å². The number of aromatic nitrogens is 3. The predicted molar refractivity (Wildman–Crippen MR) is 131 cm³/mol. The molecule has 2 N–H and O–H groups in total. The SMILES string of the molecule is COC1=C(F)C=C(c2cnc3c(Nc4ccc(C(=O)NCC5CCOC5)c(C)c4)nccn23)CC1. The minimum atomic E-state index is -0.354. The number of methoxy groups -OCH3 is 1. The summed E-state index contributed by atoms with van der Waals surface area (Å²) in [5, 5.41) is 6.32. The molecule has 1 atom stereocenters. The van der Waals surface area contributed by atoms with Gasteiger partial charge in [0.15, 0.2) is 17.3 Å². The molecule has 1 aromatic carbocycles. The zero-order chi connectivity index (χ0) is 24.4. The molecule has 9 heteroatoms. The Morgan fingerprint density at radius 3 is 2.94 bits per heavy atom. The molecule has 2 aliphatic rings. The lowest BCUT2D eigenvalue weighted by atomic mass is 10.0. The van der Waals surface area contributed by atoms with Gasteiger partial charge in [-0.3, -0.25) is 9.20 Å². The van der Waals surface area contributed by atoms with Crippen LogP contribution in [-0.4, -0.2) is 47.1 Å². The maximum Gasteiger partial charge on any atom is 0.251 e. The number of hydrogen-bond acceptors (Lipinski definition) is 6. The van der Waals surface area contributed by atoms with E-state index >= 15 is 0 Å². The molecule has 1 aliphatic carbocycles. The van der Waals surface area contributed by atoms with E-state index in [-0.39, 0.29) is 11.7 Å². The summed E-state index contributed by atoms with van der Waals surface area (Å²) in [6.45, 7) is 3.99. The van der Waals surface area contributed by atoms with Gasteiger partial charge in [0, 0.05) is 49.1 Å². The van der Waals surface area contributed by atoms with Gasteiger partial charge in [-0.25, -0.2) is 14.4 Å². The molecule has 1 fully saturated rings. The number of benzene rings is 1. The van der Waals surface area contributed by atoms with Crippen LogP contribution in [0.5, 0.6) is 0 Å². The van der Waals surface area contributed by atoms with E-state index in [9.17, 15) is 9.18 Å². The number of carbonyl (C=O) groups excluding carboxylic acids is 1. The molecule has 1 amide bonds. The summed E-state index contributed by atoms with van der Waals surface area (Å²) in [6.07, 6.45) is 8.87. The molecule has 1 unspecified atom stereocenters. The largest absolute Gasteiger partial charge is 0.498 e. The molecule has 0 bridgehead atoms. The third-order valence-electron chi connectivity index (χ3n) is 6.50. The van der Waals surface area contributed by atoms with Crippen LogP contribution in [-0.2, 0) is 9.47 Å². The normalized spacial score (nSPS) is 18.0. The number of rotatable bonds is 7. The Hall–Kier alpha value is -3.72. The summed E-state index contributed by atoms with van der Waals surface area (Å²) < 4.78 is 26.7. The fraction of sp³-hybridized carbons (Fsp3) is 0.346. The van der Waals surface area contributed by atoms with Crippen molar-refractivity contribution in [3.63, 3.8) is 0 Å². The molecule has 8 nitrogen and oxygen atoms in total. The molecule has 0 spiro atoms. The number of anilines is 2. The van der Waals surface area contributed by atoms with Gasteiger partial charge < -0.3 is 20.1 Å². The first-order valence-corrected chi connectivity index (χ1v) is 11.7. The molecular formula is C26H28FN5O3. The summed E-state index contributed by atoms with van der Waals surface area (Å²) in [6, 6.07) is 5.58. The smallest absolute Gasteiger partial charge is 0.251 e. The van der Waals surface area contributed by atoms with Gasteiger partial charge in [0.2, 0.25) is 0 Å². The average molecular weight is 478 g/mol. The Labute approximate surface area is 202 Å². The molecule has 1 saturated heterocycles. The van der Waals surface area contributed by atoms with Crippen molar-refractivity contribution in [2.75, 3.05) is 32.2 Å². The van der Waals surface area contributed by atoms with E-state index in [1.54, 1.807) is 12.4 Å². The maximum absolute atomic E-state index is 14.3. The number of imidazole rings is 1. The van der Waals surface area contributed by atoms with E-state index in [0.29, 0.717) is 54.7 Å². The van der Waals surface area contributed by atoms with Crippen molar-refractivity contribution in [2.45, 2.75) is 26.2 Å². The molecule has 3 heterocycles. The van der Waals surface area contributed by atoms with E-state index in [4.69, 9.17) is 9.47 Å². The number of ether oxygens (including phenoxy) is 2. The monoisotopic (exact) mass is 477 g/mol. The van der Waals surface area contributed by atoms with Crippen LogP contribution in [0, 0.1) is 12.8 Å². The average Bonchev–Trinajstić information content (AvgIpc) is 3.53. The van der Waals surface area contributed by atoms with Crippen molar-refractivity contribution in [1.82, 2.24) is 19.7 Å². The maximum atomic E-state index is 14.3. The number of halogens is 1. The van der Waals surface area contributed by atoms with Gasteiger partial charge in [0.1, 0.15) is 5.76 Å². The summed E-state index contributed by atoms with van der Waals surface area (Å²) in [7, 11) is 1.48. The fourth-order valence-corrected chi connectivity index (χ4v) is 4.53. The van der Waals surface area contributed by atoms with Crippen LogP contribution in [0.1, 0.15) is 40.9 Å². The predicted octanol–water partition coefficient (Wildman–Crippen LogP) is 4.55. The molecule has 1 aliphatic heterocycles. The van der Waals surface area contributed by atoms with Gasteiger partial charge in [-0.2, -0.15) is 0 Å². The number of nitrogens with one attached hydrogen (secondary N) is 2. The zero-order valence-electron chi connectivity index (χ0n) is 19.8. The summed E-state index contributed by atoms with van der Waals surface area (Å²) in [5.74, 6) is 0.878. The molecule has 3 aromatic rings. The minimum absolute atomic E-state index is 0.0854. The van der Waals surface area contributed by atoms with Gasteiger partial charge in [-0.1, -0.05) is 0 Å². The fourth-order valence-electron chi connectivity index (χ4n) is 4.53. The van der Waals surface area contributed by atoms with E-state index in [0.717, 1.165) is 35.5 Å². The Bertz CT molecular complexity index is 1320. The van der Waals surface area contributed by atoms with Gasteiger partial charge in [0.25, 0.3) is 5.91 Å². The van der Waals surface area contributed by atoms with Crippen LogP contribution in [0.25, 0.3) is 11.2 Å². The highest BCUT2D eigenvalue weighted by atomic mass is 19.1. The number of hydrogen-bond donors (Lipinski definition) is 2. The molecular weight excluding hydrogens is 449 g/mol. The second-order valence-corrected chi connectivity index (χ2v) is 8.85. The first-order valence-electron chi connectivity index (χ1n) is 11.7. The van der Waals surface area contributed by atoms with Gasteiger partial charge >= 0.3 is 0 Å². The van der Waals surface area contributed by atoms with Crippen molar-refractivity contribution in [3.8, 4) is 0 Å². The second-order valence-electron chi connectivity index (χ2n) is 8.85. The molecule has 182 valence electrons. The first-order chi connectivity index (χ1) is 17.0. The van der Waals surface area contributed by atoms with Gasteiger partial charge in [-0.15, -0.1) is 0 Å². The second kappa shape index (κ2) is 9.87. The third kappa shape index (κ3) is 4.77. The van der Waals surface area contributed by atoms with Crippen molar-refractivity contribution in [3.05, 3.63) is 71.3 Å². The highest BCUT2D eigenvalue weighted by Gasteiger charge is 2.20. The Kier molecular flexibility index (Phi) is 6.50. The van der Waals surface area contributed by atoms with Crippen molar-refractivity contribution >= 4 is 28.6 Å². The standard InChI is InChI=1S/C26H28FN5O3/c1-16-11-19(4-5-20(16)26(33)30-13-17-7-10-35-15-17)31-24-25-29-14-22(32(25)9-8-28-24)18-3-6-23(34-2)21(27)12-18/h4-5,8-9,11-12,14,17H,3,6-7,10,13,15H2,1-2H3,(H,28,31)(H,30,33). The van der Waals surface area contributed by atoms with Crippen molar-refractivity contribution in [2.24, 2.45) is 5.92 Å². The number of allylic oxidation sites excluding steroid dienone is 4. The molecule has 5 rings (SSSR count). The summed E-state index contributed by atoms with van der Waals surface area (Å²) in [5.41, 5.74) is 4.58. The van der Waals surface area contributed by atoms with Crippen LogP contribution < -0.4 is 10.6 Å². The highest BCUT2D eigenvalue weighted by molar-refractivity contribution is 5.96. The van der Waals surface area contributed by atoms with Crippen LogP contribution in [0.15, 0.2) is 54.5 Å². The summed E-state index contributed by atoms with van der Waals surface area (Å²) in [4.78, 5) is 21.6. The van der Waals surface area contributed by atoms with Gasteiger partial charge in [-0.05, 0) is 55.2 Å². The zero-order valence-corrected chi connectivity index (χ0v) is 19.8. The Balaban J connectivity index is 1.34. The lowest BCUT2D eigenvalue weighted by Crippen LogP contribution is -2.30. The number of amides is 1. The number of aryl methyl sites for hydroxylation is 1. The van der Waals surface area contributed by atoms with Crippen LogP contribution in [0.4, 0.5) is 15.9 Å².